The number of aliphatic carboxylic acids is 1. The molecule has 2 rings (SSSR count). The summed E-state index contributed by atoms with van der Waals surface area (Å²) < 4.78 is 10.1. The molecule has 0 heterocycles. The number of halogens is 1. The van der Waals surface area contributed by atoms with Crippen molar-refractivity contribution in [1.82, 2.24) is 0 Å². The van der Waals surface area contributed by atoms with Crippen molar-refractivity contribution >= 4 is 29.2 Å². The highest BCUT2D eigenvalue weighted by Crippen LogP contribution is 2.24. The lowest BCUT2D eigenvalue weighted by molar-refractivity contribution is -0.307. The fourth-order valence-electron chi connectivity index (χ4n) is 1.83. The predicted molar refractivity (Wildman–Crippen MR) is 82.9 cm³/mol. The van der Waals surface area contributed by atoms with Gasteiger partial charge in [0.25, 0.3) is 5.91 Å². The molecule has 0 atom stereocenters. The molecule has 0 fully saturated rings. The first-order valence-corrected chi connectivity index (χ1v) is 6.95. The lowest BCUT2D eigenvalue weighted by Gasteiger charge is -2.11. The molecule has 0 bridgehead atoms. The van der Waals surface area contributed by atoms with Crippen molar-refractivity contribution in [3.8, 4) is 11.5 Å². The van der Waals surface area contributed by atoms with E-state index in [0.717, 1.165) is 0 Å². The molecular weight excluding hydrogens is 322 g/mol. The minimum Gasteiger partial charge on any atom is -0.546 e. The first kappa shape index (κ1) is 16.6. The molecule has 6 nitrogen and oxygen atoms in total. The Hall–Kier alpha value is -2.73. The fourth-order valence-corrected chi connectivity index (χ4v) is 2.00. The number of rotatable bonds is 6. The summed E-state index contributed by atoms with van der Waals surface area (Å²) in [6.45, 7) is -0.536. The lowest BCUT2D eigenvalue weighted by atomic mass is 10.2. The van der Waals surface area contributed by atoms with E-state index >= 15 is 0 Å². The number of carbonyl (C=O) groups is 2. The van der Waals surface area contributed by atoms with Gasteiger partial charge in [-0.2, -0.15) is 0 Å². The Morgan fingerprint density at radius 1 is 1.17 bits per heavy atom. The number of hydrogen-bond acceptors (Lipinski definition) is 5. The van der Waals surface area contributed by atoms with Gasteiger partial charge in [-0.1, -0.05) is 11.6 Å². The van der Waals surface area contributed by atoms with Crippen LogP contribution >= 0.6 is 11.6 Å². The van der Waals surface area contributed by atoms with Gasteiger partial charge in [-0.3, -0.25) is 4.79 Å². The monoisotopic (exact) mass is 334 g/mol. The number of carboxylic acids is 1. The molecule has 0 saturated heterocycles. The van der Waals surface area contributed by atoms with Crippen LogP contribution < -0.4 is 19.9 Å². The number of amides is 1. The number of carboxylic acid groups (broad SMARTS) is 1. The zero-order chi connectivity index (χ0) is 16.8. The Balaban J connectivity index is 2.08. The van der Waals surface area contributed by atoms with Crippen LogP contribution in [0.3, 0.4) is 0 Å². The third kappa shape index (κ3) is 4.62. The van der Waals surface area contributed by atoms with Crippen molar-refractivity contribution < 1.29 is 24.2 Å². The number of carbonyl (C=O) groups excluding carboxylic acids is 2. The first-order valence-electron chi connectivity index (χ1n) is 6.57. The molecule has 0 radical (unpaired) electrons. The summed E-state index contributed by atoms with van der Waals surface area (Å²) in [5.41, 5.74) is 0.815. The minimum absolute atomic E-state index is 0.303. The van der Waals surface area contributed by atoms with Gasteiger partial charge in [-0.15, -0.1) is 0 Å². The highest BCUT2D eigenvalue weighted by molar-refractivity contribution is 6.31. The largest absolute Gasteiger partial charge is 0.546 e. The van der Waals surface area contributed by atoms with Gasteiger partial charge in [0.1, 0.15) is 18.1 Å². The molecule has 120 valence electrons. The van der Waals surface area contributed by atoms with E-state index in [2.05, 4.69) is 5.32 Å². The van der Waals surface area contributed by atoms with Gasteiger partial charge in [-0.05, 0) is 42.5 Å². The minimum atomic E-state index is -1.31. The van der Waals surface area contributed by atoms with Gasteiger partial charge in [0.15, 0.2) is 0 Å². The van der Waals surface area contributed by atoms with Crippen LogP contribution in [-0.2, 0) is 4.79 Å². The smallest absolute Gasteiger partial charge is 0.259 e. The van der Waals surface area contributed by atoms with Gasteiger partial charge in [0.05, 0.1) is 18.6 Å². The van der Waals surface area contributed by atoms with Gasteiger partial charge in [0, 0.05) is 10.7 Å². The van der Waals surface area contributed by atoms with Crippen LogP contribution in [0.1, 0.15) is 10.4 Å². The summed E-state index contributed by atoms with van der Waals surface area (Å²) in [6, 6.07) is 11.0. The van der Waals surface area contributed by atoms with Crippen LogP contribution in [0.25, 0.3) is 0 Å². The Bertz CT molecular complexity index is 715. The van der Waals surface area contributed by atoms with E-state index in [1.807, 2.05) is 0 Å². The van der Waals surface area contributed by atoms with Crippen LogP contribution in [0.2, 0.25) is 5.02 Å². The summed E-state index contributed by atoms with van der Waals surface area (Å²) in [5, 5.41) is 13.4. The maximum absolute atomic E-state index is 12.3. The number of methoxy groups -OCH3 is 1. The lowest BCUT2D eigenvalue weighted by Crippen LogP contribution is -2.28. The second-order valence-electron chi connectivity index (χ2n) is 4.48. The molecule has 23 heavy (non-hydrogen) atoms. The highest BCUT2D eigenvalue weighted by atomic mass is 35.5. The Morgan fingerprint density at radius 3 is 2.48 bits per heavy atom. The predicted octanol–water partition coefficient (Wildman–Crippen LogP) is 1.73. The average Bonchev–Trinajstić information content (AvgIpc) is 2.54. The van der Waals surface area contributed by atoms with E-state index in [0.29, 0.717) is 27.8 Å². The van der Waals surface area contributed by atoms with E-state index in [9.17, 15) is 14.7 Å². The normalized spacial score (nSPS) is 10.0. The van der Waals surface area contributed by atoms with E-state index in [-0.39, 0.29) is 5.91 Å². The SMILES string of the molecule is COc1ccc(Cl)cc1C(=O)Nc1ccc(OCC(=O)[O-])cc1. The molecule has 0 aliphatic rings. The molecule has 1 amide bonds. The molecule has 0 aliphatic carbocycles. The zero-order valence-electron chi connectivity index (χ0n) is 12.2. The number of nitrogens with one attached hydrogen (secondary N) is 1. The summed E-state index contributed by atoms with van der Waals surface area (Å²) in [7, 11) is 1.46. The molecule has 2 aromatic rings. The maximum atomic E-state index is 12.3. The van der Waals surface area contributed by atoms with Gasteiger partial charge in [0.2, 0.25) is 0 Å². The molecule has 2 aromatic carbocycles. The van der Waals surface area contributed by atoms with Crippen molar-refractivity contribution in [2.45, 2.75) is 0 Å². The van der Waals surface area contributed by atoms with Crippen LogP contribution in [-0.4, -0.2) is 25.6 Å². The Morgan fingerprint density at radius 2 is 1.87 bits per heavy atom. The van der Waals surface area contributed by atoms with E-state index < -0.39 is 12.6 Å². The summed E-state index contributed by atoms with van der Waals surface area (Å²) >= 11 is 5.90. The zero-order valence-corrected chi connectivity index (χ0v) is 12.9. The average molecular weight is 335 g/mol. The fraction of sp³-hybridized carbons (Fsp3) is 0.125. The Kier molecular flexibility index (Phi) is 5.43. The topological polar surface area (TPSA) is 87.7 Å². The third-order valence-corrected chi connectivity index (χ3v) is 3.11. The van der Waals surface area contributed by atoms with Crippen molar-refractivity contribution in [3.05, 3.63) is 53.1 Å². The Labute approximate surface area is 137 Å². The van der Waals surface area contributed by atoms with Crippen LogP contribution in [0, 0.1) is 0 Å². The number of anilines is 1. The molecule has 0 unspecified atom stereocenters. The van der Waals surface area contributed by atoms with Crippen molar-refractivity contribution in [1.29, 1.82) is 0 Å². The van der Waals surface area contributed by atoms with E-state index in [1.165, 1.54) is 25.3 Å². The number of hydrogen-bond donors (Lipinski definition) is 1. The van der Waals surface area contributed by atoms with Crippen LogP contribution in [0.4, 0.5) is 5.69 Å². The van der Waals surface area contributed by atoms with Gasteiger partial charge >= 0.3 is 0 Å². The van der Waals surface area contributed by atoms with Gasteiger partial charge < -0.3 is 24.7 Å². The van der Waals surface area contributed by atoms with Crippen molar-refractivity contribution in [3.63, 3.8) is 0 Å². The molecule has 0 spiro atoms. The summed E-state index contributed by atoms with van der Waals surface area (Å²) in [6.07, 6.45) is 0. The number of ether oxygens (including phenoxy) is 2. The second kappa shape index (κ2) is 7.51. The molecule has 0 aromatic heterocycles. The van der Waals surface area contributed by atoms with E-state index in [4.69, 9.17) is 21.1 Å². The summed E-state index contributed by atoms with van der Waals surface area (Å²) in [4.78, 5) is 22.6. The maximum Gasteiger partial charge on any atom is 0.259 e. The molecule has 7 heteroatoms. The quantitative estimate of drug-likeness (QED) is 0.869. The van der Waals surface area contributed by atoms with Crippen molar-refractivity contribution in [2.24, 2.45) is 0 Å². The number of benzene rings is 2. The van der Waals surface area contributed by atoms with Gasteiger partial charge in [-0.25, -0.2) is 0 Å². The van der Waals surface area contributed by atoms with Crippen LogP contribution in [0.15, 0.2) is 42.5 Å². The highest BCUT2D eigenvalue weighted by Gasteiger charge is 2.13. The second-order valence-corrected chi connectivity index (χ2v) is 4.92. The first-order chi connectivity index (χ1) is 11.0. The van der Waals surface area contributed by atoms with Crippen molar-refractivity contribution in [2.75, 3.05) is 19.0 Å². The molecule has 0 aliphatic heterocycles. The van der Waals surface area contributed by atoms with Crippen LogP contribution in [0.5, 0.6) is 11.5 Å². The standard InChI is InChI=1S/C16H14ClNO5/c1-22-14-7-2-10(17)8-13(14)16(21)18-11-3-5-12(6-4-11)23-9-15(19)20/h2-8H,9H2,1H3,(H,18,21)(H,19,20)/p-1. The molecular formula is C16H13ClNO5-. The molecule has 0 saturated carbocycles. The summed E-state index contributed by atoms with van der Waals surface area (Å²) in [5.74, 6) is -0.934. The van der Waals surface area contributed by atoms with E-state index in [1.54, 1.807) is 24.3 Å². The third-order valence-electron chi connectivity index (χ3n) is 2.88. The molecule has 1 N–H and O–H groups in total.